The minimum absolute atomic E-state index is 0.218. The van der Waals surface area contributed by atoms with Crippen LogP contribution < -0.4 is 0 Å². The summed E-state index contributed by atoms with van der Waals surface area (Å²) in [6.45, 7) is 2.94. The second kappa shape index (κ2) is 10.5. The number of ketones is 1. The Bertz CT molecular complexity index is 1580. The molecule has 11 heteroatoms. The third-order valence-corrected chi connectivity index (χ3v) is 7.77. The number of aromatic amines is 1. The zero-order valence-corrected chi connectivity index (χ0v) is 22.3. The second-order valence-electron chi connectivity index (χ2n) is 10.1. The van der Waals surface area contributed by atoms with E-state index >= 15 is 0 Å². The smallest absolute Gasteiger partial charge is 0.325 e. The summed E-state index contributed by atoms with van der Waals surface area (Å²) in [7, 11) is 1.19. The number of ether oxygens (including phenoxy) is 1. The fourth-order valence-electron chi connectivity index (χ4n) is 5.70. The van der Waals surface area contributed by atoms with E-state index < -0.39 is 29.6 Å². The number of amides is 1. The standard InChI is InChI=1S/C29H29N7O4/c1-3-4-9-24-30-21-16-36-23(26(37)25(28(36)38)29(39)40-2)14-22(21)35(24)15-17-10-12-18(13-11-17)19-7-5-6-8-20(19)27-31-33-34-32-27/h5-8,10-13,23,25H,3-4,9,14-16H2,1-2H3,(H,31,32,33,34). The lowest BCUT2D eigenvalue weighted by Gasteiger charge is -2.28. The Morgan fingerprint density at radius 2 is 1.88 bits per heavy atom. The van der Waals surface area contributed by atoms with Gasteiger partial charge in [0.05, 0.1) is 25.4 Å². The highest BCUT2D eigenvalue weighted by molar-refractivity contribution is 6.22. The highest BCUT2D eigenvalue weighted by Gasteiger charge is 2.53. The van der Waals surface area contributed by atoms with Gasteiger partial charge in [0.1, 0.15) is 5.82 Å². The number of fused-ring (bicyclic) bond motifs is 2. The van der Waals surface area contributed by atoms with Gasteiger partial charge in [-0.1, -0.05) is 61.9 Å². The van der Waals surface area contributed by atoms with Crippen LogP contribution in [0.5, 0.6) is 0 Å². The van der Waals surface area contributed by atoms with Gasteiger partial charge in [0.2, 0.25) is 11.7 Å². The molecular weight excluding hydrogens is 510 g/mol. The first-order valence-electron chi connectivity index (χ1n) is 13.4. The van der Waals surface area contributed by atoms with Crippen molar-refractivity contribution in [3.63, 3.8) is 0 Å². The number of esters is 1. The first kappa shape index (κ1) is 25.6. The summed E-state index contributed by atoms with van der Waals surface area (Å²) in [6, 6.07) is 15.6. The van der Waals surface area contributed by atoms with Crippen molar-refractivity contribution in [2.45, 2.75) is 51.7 Å². The summed E-state index contributed by atoms with van der Waals surface area (Å²) in [4.78, 5) is 44.6. The number of hydrogen-bond acceptors (Lipinski definition) is 8. The zero-order valence-electron chi connectivity index (χ0n) is 22.3. The third kappa shape index (κ3) is 4.37. The van der Waals surface area contributed by atoms with E-state index in [0.29, 0.717) is 18.8 Å². The summed E-state index contributed by atoms with van der Waals surface area (Å²) >= 11 is 0. The number of methoxy groups -OCH3 is 1. The van der Waals surface area contributed by atoms with Crippen molar-refractivity contribution in [1.29, 1.82) is 0 Å². The Morgan fingerprint density at radius 1 is 1.10 bits per heavy atom. The normalized spacial score (nSPS) is 18.1. The van der Waals surface area contributed by atoms with Gasteiger partial charge >= 0.3 is 5.97 Å². The molecule has 40 heavy (non-hydrogen) atoms. The number of carbonyl (C=O) groups is 3. The topological polar surface area (TPSA) is 136 Å². The molecule has 2 aromatic carbocycles. The molecule has 2 atom stereocenters. The molecule has 2 aromatic heterocycles. The van der Waals surface area contributed by atoms with Crippen LogP contribution in [0.15, 0.2) is 48.5 Å². The summed E-state index contributed by atoms with van der Waals surface area (Å²) in [5.41, 5.74) is 5.75. The van der Waals surface area contributed by atoms with E-state index in [0.717, 1.165) is 58.7 Å². The predicted octanol–water partition coefficient (Wildman–Crippen LogP) is 2.75. The van der Waals surface area contributed by atoms with Crippen molar-refractivity contribution in [2.75, 3.05) is 7.11 Å². The molecular formula is C29H29N7O4. The molecule has 0 radical (unpaired) electrons. The van der Waals surface area contributed by atoms with Crippen molar-refractivity contribution in [3.05, 3.63) is 71.3 Å². The SMILES string of the molecule is CCCCc1nc2c(n1Cc1ccc(-c3ccccc3-c3nn[nH]n3)cc1)CC1C(=O)C(C(=O)OC)C(=O)N1C2. The number of imidazole rings is 1. The van der Waals surface area contributed by atoms with E-state index in [1.54, 1.807) is 0 Å². The maximum absolute atomic E-state index is 13.1. The molecule has 1 saturated heterocycles. The van der Waals surface area contributed by atoms with E-state index in [2.05, 4.69) is 56.4 Å². The predicted molar refractivity (Wildman–Crippen MR) is 144 cm³/mol. The summed E-state index contributed by atoms with van der Waals surface area (Å²) in [6.07, 6.45) is 3.15. The Kier molecular flexibility index (Phi) is 6.71. The fourth-order valence-corrected chi connectivity index (χ4v) is 5.70. The van der Waals surface area contributed by atoms with Crippen LogP contribution in [0.2, 0.25) is 0 Å². The highest BCUT2D eigenvalue weighted by Crippen LogP contribution is 2.34. The maximum atomic E-state index is 13.1. The van der Waals surface area contributed by atoms with Gasteiger partial charge < -0.3 is 14.2 Å². The summed E-state index contributed by atoms with van der Waals surface area (Å²) < 4.78 is 6.92. The van der Waals surface area contributed by atoms with Crippen LogP contribution >= 0.6 is 0 Å². The molecule has 6 rings (SSSR count). The molecule has 11 nitrogen and oxygen atoms in total. The number of hydrogen-bond donors (Lipinski definition) is 1. The number of unbranched alkanes of at least 4 members (excludes halogenated alkanes) is 1. The number of rotatable bonds is 8. The average Bonchev–Trinajstić information content (AvgIpc) is 3.69. The van der Waals surface area contributed by atoms with Gasteiger partial charge in [-0.25, -0.2) is 4.98 Å². The first-order chi connectivity index (χ1) is 19.5. The summed E-state index contributed by atoms with van der Waals surface area (Å²) in [5, 5.41) is 14.5. The second-order valence-corrected chi connectivity index (χ2v) is 10.1. The van der Waals surface area contributed by atoms with Crippen molar-refractivity contribution in [3.8, 4) is 22.5 Å². The number of nitrogens with zero attached hydrogens (tertiary/aromatic N) is 6. The molecule has 0 aliphatic carbocycles. The fraction of sp³-hybridized carbons (Fsp3) is 0.345. The van der Waals surface area contributed by atoms with Gasteiger partial charge in [0.15, 0.2) is 11.7 Å². The number of H-pyrrole nitrogens is 1. The number of Topliss-reactive ketones (excluding diaryl/α,β-unsaturated/α-hetero) is 1. The Balaban J connectivity index is 1.30. The van der Waals surface area contributed by atoms with E-state index in [9.17, 15) is 14.4 Å². The Hall–Kier alpha value is -4.67. The lowest BCUT2D eigenvalue weighted by Crippen LogP contribution is -2.41. The van der Waals surface area contributed by atoms with Crippen LogP contribution in [0.3, 0.4) is 0 Å². The highest BCUT2D eigenvalue weighted by atomic mass is 16.5. The van der Waals surface area contributed by atoms with Crippen molar-refractivity contribution >= 4 is 17.7 Å². The van der Waals surface area contributed by atoms with Crippen molar-refractivity contribution in [2.24, 2.45) is 5.92 Å². The van der Waals surface area contributed by atoms with Gasteiger partial charge in [-0.15, -0.1) is 10.2 Å². The van der Waals surface area contributed by atoms with Gasteiger partial charge in [-0.05, 0) is 28.3 Å². The molecule has 2 unspecified atom stereocenters. The molecule has 0 spiro atoms. The lowest BCUT2D eigenvalue weighted by molar-refractivity contribution is -0.152. The van der Waals surface area contributed by atoms with Crippen LogP contribution in [-0.4, -0.2) is 65.9 Å². The van der Waals surface area contributed by atoms with E-state index in [4.69, 9.17) is 9.72 Å². The largest absolute Gasteiger partial charge is 0.468 e. The van der Waals surface area contributed by atoms with Crippen LogP contribution in [0.25, 0.3) is 22.5 Å². The molecule has 2 aliphatic heterocycles. The molecule has 4 heterocycles. The molecule has 1 fully saturated rings. The quantitative estimate of drug-likeness (QED) is 0.267. The molecule has 2 aliphatic rings. The van der Waals surface area contributed by atoms with Gasteiger partial charge in [-0.3, -0.25) is 14.4 Å². The number of tetrazole rings is 1. The molecule has 4 aromatic rings. The monoisotopic (exact) mass is 539 g/mol. The molecule has 0 bridgehead atoms. The van der Waals surface area contributed by atoms with E-state index in [1.165, 1.54) is 12.0 Å². The van der Waals surface area contributed by atoms with Crippen molar-refractivity contribution in [1.82, 2.24) is 35.1 Å². The van der Waals surface area contributed by atoms with Crippen LogP contribution in [-0.2, 0) is 45.1 Å². The lowest BCUT2D eigenvalue weighted by atomic mass is 9.97. The number of aryl methyl sites for hydroxylation is 1. The number of aromatic nitrogens is 6. The number of carbonyl (C=O) groups excluding carboxylic acids is 3. The zero-order chi connectivity index (χ0) is 27.8. The maximum Gasteiger partial charge on any atom is 0.325 e. The average molecular weight is 540 g/mol. The Labute approximate surface area is 230 Å². The molecule has 1 N–H and O–H groups in total. The summed E-state index contributed by atoms with van der Waals surface area (Å²) in [5.74, 6) is -1.58. The van der Waals surface area contributed by atoms with Gasteiger partial charge in [0.25, 0.3) is 0 Å². The third-order valence-electron chi connectivity index (χ3n) is 7.77. The minimum atomic E-state index is -1.38. The number of benzene rings is 2. The number of nitrogens with one attached hydrogen (secondary N) is 1. The first-order valence-corrected chi connectivity index (χ1v) is 13.4. The van der Waals surface area contributed by atoms with Gasteiger partial charge in [0, 0.05) is 30.6 Å². The van der Waals surface area contributed by atoms with Crippen molar-refractivity contribution < 1.29 is 19.1 Å². The Morgan fingerprint density at radius 3 is 2.58 bits per heavy atom. The van der Waals surface area contributed by atoms with E-state index in [1.807, 2.05) is 24.3 Å². The minimum Gasteiger partial charge on any atom is -0.468 e. The molecule has 0 saturated carbocycles. The molecule has 204 valence electrons. The van der Waals surface area contributed by atoms with Crippen LogP contribution in [0.4, 0.5) is 0 Å². The molecule has 1 amide bonds. The van der Waals surface area contributed by atoms with E-state index in [-0.39, 0.29) is 6.54 Å². The van der Waals surface area contributed by atoms with Crippen LogP contribution in [0.1, 0.15) is 42.5 Å². The van der Waals surface area contributed by atoms with Crippen LogP contribution in [0, 0.1) is 5.92 Å². The van der Waals surface area contributed by atoms with Gasteiger partial charge in [-0.2, -0.15) is 5.21 Å².